The first-order valence-electron chi connectivity index (χ1n) is 8.12. The van der Waals surface area contributed by atoms with Crippen LogP contribution in [0.4, 0.5) is 0 Å². The molecule has 0 amide bonds. The number of unbranched alkanes of at least 4 members (excludes halogenated alkanes) is 1. The molecule has 0 N–H and O–H groups in total. The molecule has 2 aliphatic rings. The van der Waals surface area contributed by atoms with E-state index in [2.05, 4.69) is 54.6 Å². The van der Waals surface area contributed by atoms with Crippen LogP contribution in [-0.2, 0) is 0 Å². The molecule has 1 aromatic rings. The van der Waals surface area contributed by atoms with Gasteiger partial charge in [0.2, 0.25) is 0 Å². The monoisotopic (exact) mass is 284 g/mol. The van der Waals surface area contributed by atoms with E-state index in [1.165, 1.54) is 25.7 Å². The molecule has 0 aliphatic heterocycles. The molecule has 1 fully saturated rings. The zero-order chi connectivity index (χ0) is 15.3. The number of hydrogen-bond donors (Lipinski definition) is 0. The Bertz CT molecular complexity index is 734. The molecule has 0 radical (unpaired) electrons. The quantitative estimate of drug-likeness (QED) is 0.569. The second kappa shape index (κ2) is 6.60. The van der Waals surface area contributed by atoms with Crippen molar-refractivity contribution in [1.82, 2.24) is 0 Å². The van der Waals surface area contributed by atoms with Gasteiger partial charge in [-0.2, -0.15) is 0 Å². The molecular formula is C22H20. The minimum absolute atomic E-state index is 0.228. The van der Waals surface area contributed by atoms with Gasteiger partial charge in [-0.05, 0) is 60.5 Å². The van der Waals surface area contributed by atoms with E-state index in [9.17, 15) is 0 Å². The third-order valence-corrected chi connectivity index (χ3v) is 4.72. The minimum Gasteiger partial charge on any atom is -0.0878 e. The van der Waals surface area contributed by atoms with E-state index in [4.69, 9.17) is 0 Å². The number of fused-ring (bicyclic) bond motifs is 1. The standard InChI is InChI=1S/C22H20/c1-2-3-17-22(20-15-11-16-21(20)22)18-10-5-4-7-12-19-13-8-6-9-14-19/h6,8-9,11,13-15,20-21H,2-3,16-17H2,1H3. The SMILES string of the molecule is CCCCC1(C#CC#CC#Cc2ccccc2)C2C=CCC21. The average Bonchev–Trinajstić information content (AvgIpc) is 2.91. The highest BCUT2D eigenvalue weighted by Gasteiger charge is 2.62. The van der Waals surface area contributed by atoms with Crippen molar-refractivity contribution in [3.8, 4) is 35.5 Å². The minimum atomic E-state index is 0.228. The summed E-state index contributed by atoms with van der Waals surface area (Å²) >= 11 is 0. The van der Waals surface area contributed by atoms with E-state index in [0.717, 1.165) is 11.5 Å². The summed E-state index contributed by atoms with van der Waals surface area (Å²) in [5.41, 5.74) is 1.22. The van der Waals surface area contributed by atoms with E-state index in [0.29, 0.717) is 5.92 Å². The van der Waals surface area contributed by atoms with Crippen molar-refractivity contribution in [2.45, 2.75) is 32.6 Å². The van der Waals surface area contributed by atoms with Gasteiger partial charge in [-0.3, -0.25) is 0 Å². The fraction of sp³-hybridized carbons (Fsp3) is 0.364. The molecule has 0 aromatic heterocycles. The van der Waals surface area contributed by atoms with Crippen LogP contribution in [-0.4, -0.2) is 0 Å². The lowest BCUT2D eigenvalue weighted by atomic mass is 9.92. The van der Waals surface area contributed by atoms with Crippen molar-refractivity contribution in [2.75, 3.05) is 0 Å². The van der Waals surface area contributed by atoms with Gasteiger partial charge in [-0.15, -0.1) is 0 Å². The third kappa shape index (κ3) is 2.96. The smallest absolute Gasteiger partial charge is 0.0427 e. The Morgan fingerprint density at radius 1 is 1.09 bits per heavy atom. The van der Waals surface area contributed by atoms with Crippen LogP contribution >= 0.6 is 0 Å². The number of allylic oxidation sites excluding steroid dienone is 2. The largest absolute Gasteiger partial charge is 0.0878 e. The molecular weight excluding hydrogens is 264 g/mol. The van der Waals surface area contributed by atoms with Gasteiger partial charge < -0.3 is 0 Å². The molecule has 0 spiro atoms. The highest BCUT2D eigenvalue weighted by Crippen LogP contribution is 2.66. The summed E-state index contributed by atoms with van der Waals surface area (Å²) in [5, 5.41) is 0. The van der Waals surface area contributed by atoms with E-state index >= 15 is 0 Å². The van der Waals surface area contributed by atoms with Crippen LogP contribution in [0, 0.1) is 52.8 Å². The molecule has 0 heterocycles. The fourth-order valence-corrected chi connectivity index (χ4v) is 3.48. The van der Waals surface area contributed by atoms with Crippen molar-refractivity contribution in [1.29, 1.82) is 0 Å². The zero-order valence-corrected chi connectivity index (χ0v) is 13.0. The van der Waals surface area contributed by atoms with Crippen LogP contribution in [0.5, 0.6) is 0 Å². The molecule has 2 aliphatic carbocycles. The van der Waals surface area contributed by atoms with Crippen LogP contribution in [0.15, 0.2) is 42.5 Å². The van der Waals surface area contributed by atoms with Crippen LogP contribution in [0.25, 0.3) is 0 Å². The second-order valence-electron chi connectivity index (χ2n) is 6.06. The van der Waals surface area contributed by atoms with Gasteiger partial charge in [-0.25, -0.2) is 0 Å². The maximum atomic E-state index is 3.46. The second-order valence-corrected chi connectivity index (χ2v) is 6.06. The Morgan fingerprint density at radius 2 is 1.91 bits per heavy atom. The first-order valence-corrected chi connectivity index (χ1v) is 8.12. The number of rotatable bonds is 3. The van der Waals surface area contributed by atoms with Crippen LogP contribution < -0.4 is 0 Å². The summed E-state index contributed by atoms with van der Waals surface area (Å²) in [7, 11) is 0. The lowest BCUT2D eigenvalue weighted by molar-refractivity contribution is 0.497. The Balaban J connectivity index is 1.65. The molecule has 0 heteroatoms. The normalized spacial score (nSPS) is 26.6. The van der Waals surface area contributed by atoms with Crippen molar-refractivity contribution >= 4 is 0 Å². The number of hydrogen-bond acceptors (Lipinski definition) is 0. The first kappa shape index (κ1) is 14.6. The lowest BCUT2D eigenvalue weighted by Crippen LogP contribution is -2.04. The summed E-state index contributed by atoms with van der Waals surface area (Å²) in [5.74, 6) is 19.6. The molecule has 3 unspecified atom stereocenters. The van der Waals surface area contributed by atoms with E-state index in [-0.39, 0.29) is 5.41 Å². The fourth-order valence-electron chi connectivity index (χ4n) is 3.48. The van der Waals surface area contributed by atoms with Gasteiger partial charge in [0.15, 0.2) is 0 Å². The van der Waals surface area contributed by atoms with E-state index in [1.807, 2.05) is 30.3 Å². The highest BCUT2D eigenvalue weighted by atomic mass is 14.6. The van der Waals surface area contributed by atoms with Crippen molar-refractivity contribution in [2.24, 2.45) is 17.3 Å². The Kier molecular flexibility index (Phi) is 4.37. The average molecular weight is 284 g/mol. The Hall–Kier alpha value is -2.36. The Labute approximate surface area is 134 Å². The van der Waals surface area contributed by atoms with Crippen LogP contribution in [0.2, 0.25) is 0 Å². The van der Waals surface area contributed by atoms with Gasteiger partial charge in [0.05, 0.1) is 0 Å². The molecule has 0 bridgehead atoms. The first-order chi connectivity index (χ1) is 10.9. The highest BCUT2D eigenvalue weighted by molar-refractivity contribution is 5.44. The molecule has 0 saturated heterocycles. The summed E-state index contributed by atoms with van der Waals surface area (Å²) in [4.78, 5) is 0. The summed E-state index contributed by atoms with van der Waals surface area (Å²) in [6, 6.07) is 9.91. The Morgan fingerprint density at radius 3 is 2.64 bits per heavy atom. The maximum Gasteiger partial charge on any atom is 0.0427 e. The van der Waals surface area contributed by atoms with Gasteiger partial charge >= 0.3 is 0 Å². The van der Waals surface area contributed by atoms with Gasteiger partial charge in [0.25, 0.3) is 0 Å². The van der Waals surface area contributed by atoms with E-state index in [1.54, 1.807) is 0 Å². The topological polar surface area (TPSA) is 0 Å². The molecule has 22 heavy (non-hydrogen) atoms. The summed E-state index contributed by atoms with van der Waals surface area (Å²) in [6.07, 6.45) is 9.57. The zero-order valence-electron chi connectivity index (χ0n) is 13.0. The molecule has 3 rings (SSSR count). The van der Waals surface area contributed by atoms with Crippen LogP contribution in [0.3, 0.4) is 0 Å². The maximum absolute atomic E-state index is 3.46. The molecule has 1 aromatic carbocycles. The number of benzene rings is 1. The predicted molar refractivity (Wildman–Crippen MR) is 91.6 cm³/mol. The van der Waals surface area contributed by atoms with Gasteiger partial charge in [0, 0.05) is 11.0 Å². The van der Waals surface area contributed by atoms with Gasteiger partial charge in [-0.1, -0.05) is 62.0 Å². The van der Waals surface area contributed by atoms with Gasteiger partial charge in [0.1, 0.15) is 0 Å². The van der Waals surface area contributed by atoms with Crippen LogP contribution in [0.1, 0.15) is 38.2 Å². The predicted octanol–water partition coefficient (Wildman–Crippen LogP) is 4.43. The van der Waals surface area contributed by atoms with E-state index < -0.39 is 0 Å². The molecule has 1 saturated carbocycles. The molecule has 0 nitrogen and oxygen atoms in total. The summed E-state index contributed by atoms with van der Waals surface area (Å²) in [6.45, 7) is 2.24. The summed E-state index contributed by atoms with van der Waals surface area (Å²) < 4.78 is 0. The third-order valence-electron chi connectivity index (χ3n) is 4.72. The van der Waals surface area contributed by atoms with Crippen molar-refractivity contribution in [3.63, 3.8) is 0 Å². The lowest BCUT2D eigenvalue weighted by Gasteiger charge is -2.10. The van der Waals surface area contributed by atoms with Crippen molar-refractivity contribution < 1.29 is 0 Å². The van der Waals surface area contributed by atoms with Crippen molar-refractivity contribution in [3.05, 3.63) is 48.0 Å². The molecule has 108 valence electrons. The molecule has 3 atom stereocenters.